The van der Waals surface area contributed by atoms with Gasteiger partial charge in [0.2, 0.25) is 15.4 Å². The van der Waals surface area contributed by atoms with Crippen LogP contribution in [-0.2, 0) is 14.8 Å². The van der Waals surface area contributed by atoms with Crippen LogP contribution in [0.15, 0.2) is 4.34 Å². The zero-order chi connectivity index (χ0) is 15.1. The van der Waals surface area contributed by atoms with Crippen molar-refractivity contribution in [1.29, 1.82) is 0 Å². The van der Waals surface area contributed by atoms with E-state index in [1.54, 1.807) is 0 Å². The van der Waals surface area contributed by atoms with Crippen molar-refractivity contribution in [2.45, 2.75) is 30.6 Å². The summed E-state index contributed by atoms with van der Waals surface area (Å²) < 4.78 is 25.7. The lowest BCUT2D eigenvalue weighted by Crippen LogP contribution is -2.70. The van der Waals surface area contributed by atoms with Crippen LogP contribution in [0, 0.1) is 5.92 Å². The van der Waals surface area contributed by atoms with Crippen LogP contribution in [0.1, 0.15) is 20.8 Å². The van der Waals surface area contributed by atoms with Gasteiger partial charge in [-0.2, -0.15) is 4.31 Å². The summed E-state index contributed by atoms with van der Waals surface area (Å²) in [4.78, 5) is 10.9. The highest BCUT2D eigenvalue weighted by molar-refractivity contribution is 7.91. The number of hydrogen-bond donors (Lipinski definition) is 2. The minimum absolute atomic E-state index is 0.132. The predicted molar refractivity (Wildman–Crippen MR) is 74.7 cm³/mol. The molecule has 1 saturated heterocycles. The second-order valence-corrected chi connectivity index (χ2v) is 8.30. The summed E-state index contributed by atoms with van der Waals surface area (Å²) >= 11 is 0.830. The molecule has 10 heteroatoms. The van der Waals surface area contributed by atoms with Gasteiger partial charge in [0, 0.05) is 25.6 Å². The average molecular weight is 319 g/mol. The van der Waals surface area contributed by atoms with E-state index >= 15 is 0 Å². The van der Waals surface area contributed by atoms with Crippen LogP contribution in [0.3, 0.4) is 0 Å². The van der Waals surface area contributed by atoms with E-state index < -0.39 is 15.6 Å². The Hall–Kier alpha value is -1.10. The molecule has 0 spiro atoms. The Morgan fingerprint density at radius 3 is 2.55 bits per heavy atom. The standard InChI is InChI=1S/C10H17N5O3S2/c1-6(2)10(11)4-15(5-10)20(17,18)9-14-13-8(19-9)12-7(3)16/h6H,4-5,11H2,1-3H3,(H,12,13,16). The monoisotopic (exact) mass is 319 g/mol. The molecule has 0 saturated carbocycles. The molecule has 0 radical (unpaired) electrons. The molecule has 8 nitrogen and oxygen atoms in total. The molecule has 1 aromatic rings. The van der Waals surface area contributed by atoms with Gasteiger partial charge in [0.25, 0.3) is 10.0 Å². The molecule has 20 heavy (non-hydrogen) atoms. The molecule has 0 unspecified atom stereocenters. The zero-order valence-electron chi connectivity index (χ0n) is 11.5. The summed E-state index contributed by atoms with van der Waals surface area (Å²) in [5.41, 5.74) is 5.60. The Kier molecular flexibility index (Phi) is 3.84. The van der Waals surface area contributed by atoms with Crippen LogP contribution in [0.2, 0.25) is 0 Å². The molecule has 1 amide bonds. The smallest absolute Gasteiger partial charge is 0.272 e. The number of sulfonamides is 1. The molecule has 2 rings (SSSR count). The number of hydrogen-bond acceptors (Lipinski definition) is 7. The van der Waals surface area contributed by atoms with E-state index in [9.17, 15) is 13.2 Å². The highest BCUT2D eigenvalue weighted by Crippen LogP contribution is 2.32. The maximum atomic E-state index is 12.3. The zero-order valence-corrected chi connectivity index (χ0v) is 13.1. The fourth-order valence-electron chi connectivity index (χ4n) is 1.77. The van der Waals surface area contributed by atoms with Crippen LogP contribution in [-0.4, -0.2) is 47.5 Å². The van der Waals surface area contributed by atoms with Crippen LogP contribution < -0.4 is 11.1 Å². The van der Waals surface area contributed by atoms with Crippen LogP contribution in [0.25, 0.3) is 0 Å². The molecule has 112 valence electrons. The Balaban J connectivity index is 2.13. The number of carbonyl (C=O) groups is 1. The first-order chi connectivity index (χ1) is 9.15. The lowest BCUT2D eigenvalue weighted by atomic mass is 9.82. The van der Waals surface area contributed by atoms with Gasteiger partial charge in [-0.05, 0) is 5.92 Å². The summed E-state index contributed by atoms with van der Waals surface area (Å²) in [6.45, 7) is 5.77. The first kappa shape index (κ1) is 15.3. The molecule has 0 aromatic carbocycles. The van der Waals surface area contributed by atoms with E-state index in [1.807, 2.05) is 13.8 Å². The van der Waals surface area contributed by atoms with Gasteiger partial charge < -0.3 is 11.1 Å². The summed E-state index contributed by atoms with van der Waals surface area (Å²) in [7, 11) is -3.67. The molecule has 1 aromatic heterocycles. The molecular weight excluding hydrogens is 302 g/mol. The van der Waals surface area contributed by atoms with E-state index in [-0.39, 0.29) is 34.4 Å². The van der Waals surface area contributed by atoms with Crippen molar-refractivity contribution >= 4 is 32.4 Å². The van der Waals surface area contributed by atoms with Gasteiger partial charge in [0.05, 0.1) is 0 Å². The number of aromatic nitrogens is 2. The quantitative estimate of drug-likeness (QED) is 0.745. The molecule has 0 aliphatic carbocycles. The van der Waals surface area contributed by atoms with Crippen LogP contribution in [0.4, 0.5) is 5.13 Å². The molecule has 2 heterocycles. The number of rotatable bonds is 4. The first-order valence-corrected chi connectivity index (χ1v) is 8.31. The number of carbonyl (C=O) groups excluding carboxylic acids is 1. The molecular formula is C10H17N5O3S2. The van der Waals surface area contributed by atoms with Crippen molar-refractivity contribution in [3.63, 3.8) is 0 Å². The van der Waals surface area contributed by atoms with E-state index in [1.165, 1.54) is 11.2 Å². The molecule has 0 bridgehead atoms. The lowest BCUT2D eigenvalue weighted by molar-refractivity contribution is -0.114. The SMILES string of the molecule is CC(=O)Nc1nnc(S(=O)(=O)N2CC(N)(C(C)C)C2)s1. The topological polar surface area (TPSA) is 118 Å². The summed E-state index contributed by atoms with van der Waals surface area (Å²) in [5.74, 6) is -0.131. The third-order valence-electron chi connectivity index (χ3n) is 3.34. The Morgan fingerprint density at radius 1 is 1.45 bits per heavy atom. The maximum Gasteiger partial charge on any atom is 0.272 e. The maximum absolute atomic E-state index is 12.3. The molecule has 0 atom stereocenters. The normalized spacial score (nSPS) is 18.9. The highest BCUT2D eigenvalue weighted by Gasteiger charge is 2.48. The Morgan fingerprint density at radius 2 is 2.05 bits per heavy atom. The van der Waals surface area contributed by atoms with Gasteiger partial charge in [0.1, 0.15) is 0 Å². The van der Waals surface area contributed by atoms with Gasteiger partial charge >= 0.3 is 0 Å². The van der Waals surface area contributed by atoms with E-state index in [0.717, 1.165) is 11.3 Å². The van der Waals surface area contributed by atoms with Crippen molar-refractivity contribution in [3.8, 4) is 0 Å². The second kappa shape index (κ2) is 5.02. The van der Waals surface area contributed by atoms with E-state index in [2.05, 4.69) is 15.5 Å². The molecule has 1 aliphatic rings. The third-order valence-corrected chi connectivity index (χ3v) is 6.32. The van der Waals surface area contributed by atoms with Crippen LogP contribution in [0.5, 0.6) is 0 Å². The first-order valence-electron chi connectivity index (χ1n) is 6.05. The minimum Gasteiger partial charge on any atom is -0.323 e. The van der Waals surface area contributed by atoms with Crippen molar-refractivity contribution in [2.75, 3.05) is 18.4 Å². The van der Waals surface area contributed by atoms with Gasteiger partial charge in [-0.25, -0.2) is 8.42 Å². The van der Waals surface area contributed by atoms with Crippen molar-refractivity contribution in [3.05, 3.63) is 0 Å². The molecule has 3 N–H and O–H groups in total. The fraction of sp³-hybridized carbons (Fsp3) is 0.700. The number of nitrogens with zero attached hydrogens (tertiary/aromatic N) is 3. The summed E-state index contributed by atoms with van der Waals surface area (Å²) in [6.07, 6.45) is 0. The number of amides is 1. The van der Waals surface area contributed by atoms with Crippen molar-refractivity contribution in [1.82, 2.24) is 14.5 Å². The predicted octanol–water partition coefficient (Wildman–Crippen LogP) is -0.146. The molecule has 1 aliphatic heterocycles. The second-order valence-electron chi connectivity index (χ2n) is 5.22. The summed E-state index contributed by atoms with van der Waals surface area (Å²) in [5, 5.41) is 9.83. The van der Waals surface area contributed by atoms with Gasteiger partial charge in [-0.1, -0.05) is 25.2 Å². The Labute approximate surface area is 121 Å². The molecule has 1 fully saturated rings. The largest absolute Gasteiger partial charge is 0.323 e. The average Bonchev–Trinajstić information content (AvgIpc) is 2.72. The van der Waals surface area contributed by atoms with Gasteiger partial charge in [0.15, 0.2) is 0 Å². The number of nitrogens with one attached hydrogen (secondary N) is 1. The van der Waals surface area contributed by atoms with Gasteiger partial charge in [-0.3, -0.25) is 4.79 Å². The van der Waals surface area contributed by atoms with Crippen molar-refractivity contribution in [2.24, 2.45) is 11.7 Å². The lowest BCUT2D eigenvalue weighted by Gasteiger charge is -2.48. The number of nitrogens with two attached hydrogens (primary N) is 1. The fourth-order valence-corrected chi connectivity index (χ4v) is 4.45. The van der Waals surface area contributed by atoms with E-state index in [4.69, 9.17) is 5.73 Å². The van der Waals surface area contributed by atoms with E-state index in [0.29, 0.717) is 0 Å². The summed E-state index contributed by atoms with van der Waals surface area (Å²) in [6, 6.07) is 0. The third kappa shape index (κ3) is 2.68. The van der Waals surface area contributed by atoms with Crippen LogP contribution >= 0.6 is 11.3 Å². The van der Waals surface area contributed by atoms with Gasteiger partial charge in [-0.15, -0.1) is 10.2 Å². The van der Waals surface area contributed by atoms with Crippen molar-refractivity contribution < 1.29 is 13.2 Å². The number of anilines is 1. The highest BCUT2D eigenvalue weighted by atomic mass is 32.2. The minimum atomic E-state index is -3.67. The Bertz CT molecular complexity index is 619.